The van der Waals surface area contributed by atoms with Gasteiger partial charge in [-0.05, 0) is 44.9 Å². The number of carbonyl (C=O) groups is 1. The van der Waals surface area contributed by atoms with Crippen molar-refractivity contribution in [1.82, 2.24) is 5.32 Å². The topological polar surface area (TPSA) is 89.8 Å². The molecule has 0 rings (SSSR count). The van der Waals surface area contributed by atoms with Crippen LogP contribution in [-0.2, 0) is 4.79 Å². The van der Waals surface area contributed by atoms with E-state index in [1.54, 1.807) is 6.08 Å². The molecule has 1 amide bonds. The van der Waals surface area contributed by atoms with Gasteiger partial charge in [0.15, 0.2) is 0 Å². The summed E-state index contributed by atoms with van der Waals surface area (Å²) in [4.78, 5) is 12.5. The van der Waals surface area contributed by atoms with Gasteiger partial charge in [-0.25, -0.2) is 0 Å². The monoisotopic (exact) mass is 790 g/mol. The summed E-state index contributed by atoms with van der Waals surface area (Å²) >= 11 is 0. The van der Waals surface area contributed by atoms with Crippen LogP contribution >= 0.6 is 0 Å². The highest BCUT2D eigenvalue weighted by molar-refractivity contribution is 5.80. The SMILES string of the molecule is CCCCCCCCCCCCCC/C=C\CCCCCCCCCCCCCC(O)C(=O)NC(CO)C(O)/C=C/CCCCCCCCCCCCCCC. The highest BCUT2D eigenvalue weighted by Gasteiger charge is 2.22. The van der Waals surface area contributed by atoms with Crippen molar-refractivity contribution >= 4 is 5.91 Å². The summed E-state index contributed by atoms with van der Waals surface area (Å²) in [6.07, 6.45) is 58.0. The largest absolute Gasteiger partial charge is 0.394 e. The van der Waals surface area contributed by atoms with E-state index in [-0.39, 0.29) is 6.61 Å². The van der Waals surface area contributed by atoms with E-state index < -0.39 is 24.2 Å². The van der Waals surface area contributed by atoms with Gasteiger partial charge in [-0.3, -0.25) is 4.79 Å². The van der Waals surface area contributed by atoms with Crippen LogP contribution in [0.2, 0.25) is 0 Å². The number of aliphatic hydroxyl groups is 3. The third-order valence-corrected chi connectivity index (χ3v) is 11.8. The maximum atomic E-state index is 12.5. The van der Waals surface area contributed by atoms with Crippen LogP contribution in [0.4, 0.5) is 0 Å². The lowest BCUT2D eigenvalue weighted by Crippen LogP contribution is -2.48. The fourth-order valence-corrected chi connectivity index (χ4v) is 7.83. The molecule has 4 N–H and O–H groups in total. The molecule has 0 aromatic carbocycles. The van der Waals surface area contributed by atoms with Gasteiger partial charge in [0, 0.05) is 0 Å². The average Bonchev–Trinajstić information content (AvgIpc) is 3.20. The normalized spacial score (nSPS) is 13.6. The van der Waals surface area contributed by atoms with Crippen molar-refractivity contribution in [3.8, 4) is 0 Å². The summed E-state index contributed by atoms with van der Waals surface area (Å²) in [5.74, 6) is -0.501. The number of aliphatic hydroxyl groups excluding tert-OH is 3. The smallest absolute Gasteiger partial charge is 0.249 e. The summed E-state index contributed by atoms with van der Waals surface area (Å²) in [6.45, 7) is 4.20. The van der Waals surface area contributed by atoms with E-state index in [2.05, 4.69) is 31.3 Å². The van der Waals surface area contributed by atoms with Crippen molar-refractivity contribution in [2.24, 2.45) is 0 Å². The first kappa shape index (κ1) is 54.8. The van der Waals surface area contributed by atoms with Gasteiger partial charge in [0.05, 0.1) is 18.8 Å². The lowest BCUT2D eigenvalue weighted by Gasteiger charge is -2.21. The van der Waals surface area contributed by atoms with Gasteiger partial charge in [-0.2, -0.15) is 0 Å². The van der Waals surface area contributed by atoms with Crippen molar-refractivity contribution in [2.45, 2.75) is 289 Å². The minimum absolute atomic E-state index is 0.361. The molecule has 3 unspecified atom stereocenters. The molecule has 5 heteroatoms. The van der Waals surface area contributed by atoms with Gasteiger partial charge < -0.3 is 20.6 Å². The molecular formula is C51H99NO4. The molecule has 56 heavy (non-hydrogen) atoms. The van der Waals surface area contributed by atoms with Gasteiger partial charge in [-0.1, -0.05) is 250 Å². The lowest BCUT2D eigenvalue weighted by atomic mass is 10.0. The van der Waals surface area contributed by atoms with E-state index >= 15 is 0 Å². The molecule has 0 saturated heterocycles. The minimum atomic E-state index is -1.10. The Hall–Kier alpha value is -1.17. The molecule has 0 spiro atoms. The Labute approximate surface area is 350 Å². The summed E-state index contributed by atoms with van der Waals surface area (Å²) in [5.41, 5.74) is 0. The first-order chi connectivity index (χ1) is 27.6. The molecule has 5 nitrogen and oxygen atoms in total. The van der Waals surface area contributed by atoms with Crippen LogP contribution in [0, 0.1) is 0 Å². The number of unbranched alkanes of at least 4 members (excludes halogenated alkanes) is 36. The van der Waals surface area contributed by atoms with Crippen LogP contribution in [0.3, 0.4) is 0 Å². The van der Waals surface area contributed by atoms with Crippen molar-refractivity contribution < 1.29 is 20.1 Å². The molecule has 332 valence electrons. The summed E-state index contributed by atoms with van der Waals surface area (Å²) < 4.78 is 0. The fraction of sp³-hybridized carbons (Fsp3) is 0.902. The van der Waals surface area contributed by atoms with Crippen molar-refractivity contribution in [2.75, 3.05) is 6.61 Å². The van der Waals surface area contributed by atoms with Crippen LogP contribution in [0.1, 0.15) is 271 Å². The molecule has 3 atom stereocenters. The molecule has 0 aliphatic carbocycles. The number of amides is 1. The summed E-state index contributed by atoms with van der Waals surface area (Å²) in [6, 6.07) is -0.796. The molecule has 0 heterocycles. The van der Waals surface area contributed by atoms with Crippen LogP contribution in [0.25, 0.3) is 0 Å². The number of allylic oxidation sites excluding steroid dienone is 3. The Morgan fingerprint density at radius 3 is 1.04 bits per heavy atom. The van der Waals surface area contributed by atoms with Gasteiger partial charge >= 0.3 is 0 Å². The summed E-state index contributed by atoms with van der Waals surface area (Å²) in [5, 5.41) is 33.2. The van der Waals surface area contributed by atoms with E-state index in [1.165, 1.54) is 218 Å². The van der Waals surface area contributed by atoms with Crippen molar-refractivity contribution in [3.05, 3.63) is 24.3 Å². The number of hydrogen-bond donors (Lipinski definition) is 4. The fourth-order valence-electron chi connectivity index (χ4n) is 7.83. The first-order valence-electron chi connectivity index (χ1n) is 25.2. The Morgan fingerprint density at radius 1 is 0.429 bits per heavy atom. The third-order valence-electron chi connectivity index (χ3n) is 11.8. The van der Waals surface area contributed by atoms with Crippen LogP contribution in [0.5, 0.6) is 0 Å². The zero-order valence-electron chi connectivity index (χ0n) is 37.8. The second-order valence-corrected chi connectivity index (χ2v) is 17.4. The number of nitrogens with one attached hydrogen (secondary N) is 1. The molecule has 0 saturated carbocycles. The highest BCUT2D eigenvalue weighted by atomic mass is 16.3. The maximum absolute atomic E-state index is 12.5. The summed E-state index contributed by atoms with van der Waals surface area (Å²) in [7, 11) is 0. The standard InChI is InChI=1S/C51H99NO4/c1-3-5-7-9-11-13-15-17-19-20-21-22-23-24-25-26-27-28-29-30-32-34-36-38-40-42-44-46-50(55)51(56)52-48(47-53)49(54)45-43-41-39-37-35-33-31-18-16-14-12-10-8-6-4-2/h24-25,43,45,48-50,53-55H,3-23,26-42,44,46-47H2,1-2H3,(H,52,56)/b25-24-,45-43+. The maximum Gasteiger partial charge on any atom is 0.249 e. The van der Waals surface area contributed by atoms with Gasteiger partial charge in [0.1, 0.15) is 6.10 Å². The molecule has 0 aromatic rings. The average molecular weight is 790 g/mol. The van der Waals surface area contributed by atoms with Crippen molar-refractivity contribution in [1.29, 1.82) is 0 Å². The van der Waals surface area contributed by atoms with Crippen LogP contribution in [-0.4, -0.2) is 46.1 Å². The number of rotatable bonds is 46. The first-order valence-corrected chi connectivity index (χ1v) is 25.2. The van der Waals surface area contributed by atoms with Gasteiger partial charge in [0.25, 0.3) is 0 Å². The van der Waals surface area contributed by atoms with E-state index in [9.17, 15) is 20.1 Å². The van der Waals surface area contributed by atoms with Gasteiger partial charge in [0.2, 0.25) is 5.91 Å². The predicted octanol–water partition coefficient (Wildman–Crippen LogP) is 14.9. The molecule has 0 aliphatic heterocycles. The van der Waals surface area contributed by atoms with E-state index in [4.69, 9.17) is 0 Å². The second-order valence-electron chi connectivity index (χ2n) is 17.4. The second kappa shape index (κ2) is 46.5. The highest BCUT2D eigenvalue weighted by Crippen LogP contribution is 2.16. The quantitative estimate of drug-likeness (QED) is 0.0365. The Kier molecular flexibility index (Phi) is 45.5. The van der Waals surface area contributed by atoms with Crippen LogP contribution in [0.15, 0.2) is 24.3 Å². The third kappa shape index (κ3) is 41.0. The van der Waals surface area contributed by atoms with Crippen LogP contribution < -0.4 is 5.32 Å². The number of carbonyl (C=O) groups excluding carboxylic acids is 1. The Balaban J connectivity index is 3.57. The molecule has 0 fully saturated rings. The van der Waals surface area contributed by atoms with Gasteiger partial charge in [-0.15, -0.1) is 0 Å². The molecule has 0 bridgehead atoms. The lowest BCUT2D eigenvalue weighted by molar-refractivity contribution is -0.131. The molecule has 0 aliphatic rings. The van der Waals surface area contributed by atoms with E-state index in [0.717, 1.165) is 32.1 Å². The van der Waals surface area contributed by atoms with E-state index in [1.807, 2.05) is 6.08 Å². The minimum Gasteiger partial charge on any atom is -0.394 e. The number of hydrogen-bond acceptors (Lipinski definition) is 4. The zero-order valence-corrected chi connectivity index (χ0v) is 37.8. The molecular weight excluding hydrogens is 691 g/mol. The predicted molar refractivity (Wildman–Crippen MR) is 245 cm³/mol. The Bertz CT molecular complexity index is 829. The zero-order chi connectivity index (χ0) is 40.8. The molecule has 0 radical (unpaired) electrons. The Morgan fingerprint density at radius 2 is 0.714 bits per heavy atom. The van der Waals surface area contributed by atoms with Crippen molar-refractivity contribution in [3.63, 3.8) is 0 Å². The molecule has 0 aromatic heterocycles. The van der Waals surface area contributed by atoms with E-state index in [0.29, 0.717) is 6.42 Å².